The first-order valence-electron chi connectivity index (χ1n) is 21.0. The monoisotopic (exact) mass is 765 g/mol. The Balaban J connectivity index is 1.10. The molecule has 1 spiro atoms. The van der Waals surface area contributed by atoms with E-state index < -0.39 is 5.41 Å². The first-order valence-corrected chi connectivity index (χ1v) is 21.0. The molecule has 10 aromatic rings. The van der Waals surface area contributed by atoms with E-state index >= 15 is 0 Å². The average molecular weight is 766 g/mol. The lowest BCUT2D eigenvalue weighted by Gasteiger charge is -2.32. The Hall–Kier alpha value is -7.42. The third kappa shape index (κ3) is 4.27. The van der Waals surface area contributed by atoms with Crippen molar-refractivity contribution >= 4 is 39.0 Å². The molecule has 3 aliphatic carbocycles. The van der Waals surface area contributed by atoms with Crippen molar-refractivity contribution in [1.82, 2.24) is 0 Å². The number of hydrogen-bond donors (Lipinski definition) is 0. The van der Waals surface area contributed by atoms with Crippen molar-refractivity contribution < 1.29 is 4.42 Å². The predicted molar refractivity (Wildman–Crippen MR) is 248 cm³/mol. The van der Waals surface area contributed by atoms with Crippen LogP contribution in [0.4, 0.5) is 17.1 Å². The molecule has 0 saturated heterocycles. The molecular weight excluding hydrogens is 727 g/mol. The van der Waals surface area contributed by atoms with Gasteiger partial charge >= 0.3 is 0 Å². The van der Waals surface area contributed by atoms with Crippen LogP contribution in [0.1, 0.15) is 47.2 Å². The molecule has 1 aromatic heterocycles. The fraction of sp³-hybridized carbons (Fsp3) is 0.0690. The fourth-order valence-corrected chi connectivity index (χ4v) is 11.3. The van der Waals surface area contributed by atoms with Gasteiger partial charge in [0.05, 0.1) is 11.1 Å². The van der Waals surface area contributed by atoms with Crippen molar-refractivity contribution in [3.63, 3.8) is 0 Å². The first-order chi connectivity index (χ1) is 29.5. The summed E-state index contributed by atoms with van der Waals surface area (Å²) in [6, 6.07) is 74.1. The molecule has 0 fully saturated rings. The molecule has 0 amide bonds. The van der Waals surface area contributed by atoms with Crippen LogP contribution in [0.15, 0.2) is 205 Å². The maximum atomic E-state index is 6.99. The molecular formula is C58H39NO. The molecule has 60 heavy (non-hydrogen) atoms. The molecule has 13 rings (SSSR count). The summed E-state index contributed by atoms with van der Waals surface area (Å²) in [5.74, 6) is 0. The Morgan fingerprint density at radius 2 is 0.983 bits per heavy atom. The normalized spacial score (nSPS) is 16.0. The van der Waals surface area contributed by atoms with E-state index in [4.69, 9.17) is 4.42 Å². The van der Waals surface area contributed by atoms with Crippen molar-refractivity contribution in [3.8, 4) is 44.5 Å². The van der Waals surface area contributed by atoms with E-state index in [-0.39, 0.29) is 5.41 Å². The molecule has 3 aliphatic rings. The van der Waals surface area contributed by atoms with Gasteiger partial charge in [0, 0.05) is 38.7 Å². The summed E-state index contributed by atoms with van der Waals surface area (Å²) < 4.78 is 6.99. The third-order valence-corrected chi connectivity index (χ3v) is 13.9. The molecule has 1 atom stereocenters. The van der Waals surface area contributed by atoms with Crippen LogP contribution in [0.25, 0.3) is 66.4 Å². The Kier molecular flexibility index (Phi) is 6.74. The fourth-order valence-electron chi connectivity index (χ4n) is 11.3. The molecule has 282 valence electrons. The van der Waals surface area contributed by atoms with E-state index in [2.05, 4.69) is 219 Å². The number of benzene rings is 9. The molecule has 0 N–H and O–H groups in total. The Morgan fingerprint density at radius 3 is 1.78 bits per heavy atom. The van der Waals surface area contributed by atoms with E-state index in [1.165, 1.54) is 77.9 Å². The molecule has 1 heterocycles. The third-order valence-electron chi connectivity index (χ3n) is 13.9. The maximum absolute atomic E-state index is 6.99. The van der Waals surface area contributed by atoms with Crippen LogP contribution in [0.3, 0.4) is 0 Å². The zero-order valence-electron chi connectivity index (χ0n) is 33.4. The molecule has 0 aliphatic heterocycles. The van der Waals surface area contributed by atoms with Crippen LogP contribution in [0.2, 0.25) is 0 Å². The molecule has 2 nitrogen and oxygen atoms in total. The molecule has 1 unspecified atom stereocenters. The molecule has 2 heteroatoms. The Bertz CT molecular complexity index is 3410. The van der Waals surface area contributed by atoms with Gasteiger partial charge in [0.2, 0.25) is 0 Å². The van der Waals surface area contributed by atoms with Crippen molar-refractivity contribution in [2.75, 3.05) is 4.90 Å². The summed E-state index contributed by atoms with van der Waals surface area (Å²) in [4.78, 5) is 2.51. The van der Waals surface area contributed by atoms with Crippen LogP contribution in [-0.4, -0.2) is 0 Å². The Morgan fingerprint density at radius 1 is 0.400 bits per heavy atom. The number of hydrogen-bond acceptors (Lipinski definition) is 2. The van der Waals surface area contributed by atoms with Crippen LogP contribution >= 0.6 is 0 Å². The van der Waals surface area contributed by atoms with Gasteiger partial charge in [-0.1, -0.05) is 172 Å². The van der Waals surface area contributed by atoms with Crippen LogP contribution in [-0.2, 0) is 10.8 Å². The smallest absolute Gasteiger partial charge is 0.140 e. The highest BCUT2D eigenvalue weighted by Crippen LogP contribution is 2.66. The van der Waals surface area contributed by atoms with Gasteiger partial charge in [-0.05, 0) is 109 Å². The predicted octanol–water partition coefficient (Wildman–Crippen LogP) is 15.4. The molecule has 0 saturated carbocycles. The largest absolute Gasteiger partial charge is 0.456 e. The van der Waals surface area contributed by atoms with Gasteiger partial charge in [-0.25, -0.2) is 0 Å². The topological polar surface area (TPSA) is 16.4 Å². The number of anilines is 3. The van der Waals surface area contributed by atoms with E-state index in [0.29, 0.717) is 0 Å². The van der Waals surface area contributed by atoms with Crippen molar-refractivity contribution in [3.05, 3.63) is 234 Å². The highest BCUT2D eigenvalue weighted by atomic mass is 16.3. The quantitative estimate of drug-likeness (QED) is 0.177. The lowest BCUT2D eigenvalue weighted by Crippen LogP contribution is -2.26. The zero-order chi connectivity index (χ0) is 39.7. The zero-order valence-corrected chi connectivity index (χ0v) is 33.4. The summed E-state index contributed by atoms with van der Waals surface area (Å²) in [6.07, 6.45) is 0. The van der Waals surface area contributed by atoms with Crippen molar-refractivity contribution in [1.29, 1.82) is 0 Å². The van der Waals surface area contributed by atoms with Gasteiger partial charge in [0.1, 0.15) is 11.2 Å². The van der Waals surface area contributed by atoms with E-state index in [9.17, 15) is 0 Å². The molecule has 0 bridgehead atoms. The molecule has 0 radical (unpaired) electrons. The standard InChI is InChI=1S/C58H39NO/c1-57(2)47-21-10-6-17-40(47)42-32-31-39(35-51(42)57)59(38-29-27-37(28-30-38)36-15-4-3-5-16-36)52-25-14-24-50-54(52)46-20-8-12-23-49(46)58(50)48-22-11-7-18-41(48)44-33-34-45-43-19-9-13-26-53(43)60-56(45)55(44)58/h3-35H,1-2H3. The number of furan rings is 1. The number of nitrogens with zero attached hydrogens (tertiary/aromatic N) is 1. The highest BCUT2D eigenvalue weighted by molar-refractivity contribution is 6.12. The van der Waals surface area contributed by atoms with Crippen LogP contribution in [0, 0.1) is 0 Å². The minimum atomic E-state index is -0.592. The van der Waals surface area contributed by atoms with E-state index in [0.717, 1.165) is 39.0 Å². The summed E-state index contributed by atoms with van der Waals surface area (Å²) in [6.45, 7) is 4.74. The van der Waals surface area contributed by atoms with Gasteiger partial charge in [0.25, 0.3) is 0 Å². The minimum Gasteiger partial charge on any atom is -0.456 e. The van der Waals surface area contributed by atoms with Gasteiger partial charge < -0.3 is 9.32 Å². The van der Waals surface area contributed by atoms with E-state index in [1.54, 1.807) is 0 Å². The second-order valence-electron chi connectivity index (χ2n) is 17.2. The summed E-state index contributed by atoms with van der Waals surface area (Å²) >= 11 is 0. The Labute approximate surface area is 349 Å². The second kappa shape index (κ2) is 12.1. The van der Waals surface area contributed by atoms with Gasteiger partial charge in [-0.2, -0.15) is 0 Å². The van der Waals surface area contributed by atoms with Gasteiger partial charge in [-0.15, -0.1) is 0 Å². The van der Waals surface area contributed by atoms with Crippen molar-refractivity contribution in [2.24, 2.45) is 0 Å². The lowest BCUT2D eigenvalue weighted by atomic mass is 9.70. The molecule has 9 aromatic carbocycles. The lowest BCUT2D eigenvalue weighted by molar-refractivity contribution is 0.652. The van der Waals surface area contributed by atoms with Crippen LogP contribution < -0.4 is 4.90 Å². The number of rotatable bonds is 4. The summed E-state index contributed by atoms with van der Waals surface area (Å²) in [5.41, 5.74) is 22.4. The number of fused-ring (bicyclic) bond motifs is 17. The van der Waals surface area contributed by atoms with Crippen LogP contribution in [0.5, 0.6) is 0 Å². The average Bonchev–Trinajstić information content (AvgIpc) is 3.99. The maximum Gasteiger partial charge on any atom is 0.140 e. The minimum absolute atomic E-state index is 0.144. The summed E-state index contributed by atoms with van der Waals surface area (Å²) in [7, 11) is 0. The van der Waals surface area contributed by atoms with Gasteiger partial charge in [0.15, 0.2) is 0 Å². The SMILES string of the molecule is CC1(C)c2ccccc2-c2ccc(N(c3ccc(-c4ccccc4)cc3)c3cccc4c3-c3ccccc3C43c4ccccc4-c4ccc5c(oc6ccccc65)c43)cc21. The first kappa shape index (κ1) is 33.5. The van der Waals surface area contributed by atoms with E-state index in [1.807, 2.05) is 0 Å². The second-order valence-corrected chi connectivity index (χ2v) is 17.2. The number of para-hydroxylation sites is 1. The van der Waals surface area contributed by atoms with Gasteiger partial charge in [-0.3, -0.25) is 0 Å². The van der Waals surface area contributed by atoms with Crippen molar-refractivity contribution in [2.45, 2.75) is 24.7 Å². The highest BCUT2D eigenvalue weighted by Gasteiger charge is 2.54. The summed E-state index contributed by atoms with van der Waals surface area (Å²) in [5, 5.41) is 2.30.